The molecule has 1 heterocycles. The van der Waals surface area contributed by atoms with E-state index in [-0.39, 0.29) is 0 Å². The van der Waals surface area contributed by atoms with Crippen LogP contribution >= 0.6 is 11.8 Å². The van der Waals surface area contributed by atoms with Gasteiger partial charge < -0.3 is 5.32 Å². The van der Waals surface area contributed by atoms with Gasteiger partial charge in [0.1, 0.15) is 0 Å². The zero-order chi connectivity index (χ0) is 10.7. The van der Waals surface area contributed by atoms with Gasteiger partial charge in [-0.3, -0.25) is 4.99 Å². The van der Waals surface area contributed by atoms with Crippen LogP contribution in [0.25, 0.3) is 0 Å². The number of nitrogens with one attached hydrogen (secondary N) is 1. The predicted octanol–water partition coefficient (Wildman–Crippen LogP) is 2.58. The summed E-state index contributed by atoms with van der Waals surface area (Å²) < 4.78 is 0. The largest absolute Gasteiger partial charge is 0.362 e. The van der Waals surface area contributed by atoms with Crippen molar-refractivity contribution >= 4 is 16.9 Å². The van der Waals surface area contributed by atoms with Crippen LogP contribution in [0.3, 0.4) is 0 Å². The van der Waals surface area contributed by atoms with Crippen LogP contribution in [0.5, 0.6) is 0 Å². The summed E-state index contributed by atoms with van der Waals surface area (Å²) in [6.07, 6.45) is 0. The second-order valence-corrected chi connectivity index (χ2v) is 4.91. The summed E-state index contributed by atoms with van der Waals surface area (Å²) in [7, 11) is 0. The van der Waals surface area contributed by atoms with Gasteiger partial charge in [-0.15, -0.1) is 0 Å². The molecule has 1 aromatic carbocycles. The molecule has 80 valence electrons. The van der Waals surface area contributed by atoms with Gasteiger partial charge in [-0.1, -0.05) is 36.0 Å². The fourth-order valence-electron chi connectivity index (χ4n) is 1.53. The number of amidine groups is 1. The van der Waals surface area contributed by atoms with E-state index >= 15 is 0 Å². The van der Waals surface area contributed by atoms with Crippen LogP contribution in [-0.2, 0) is 6.54 Å². The molecule has 1 atom stereocenters. The highest BCUT2D eigenvalue weighted by atomic mass is 32.2. The lowest BCUT2D eigenvalue weighted by atomic mass is 10.1. The molecule has 1 saturated heterocycles. The van der Waals surface area contributed by atoms with Gasteiger partial charge in [0.15, 0.2) is 5.17 Å². The number of aryl methyl sites for hydroxylation is 1. The molecular formula is C12H16N2S. The molecule has 2 nitrogen and oxygen atoms in total. The minimum Gasteiger partial charge on any atom is -0.362 e. The number of hydrogen-bond donors (Lipinski definition) is 1. The Kier molecular flexibility index (Phi) is 3.31. The van der Waals surface area contributed by atoms with Crippen molar-refractivity contribution in [2.45, 2.75) is 26.4 Å². The molecule has 1 aliphatic heterocycles. The van der Waals surface area contributed by atoms with E-state index in [2.05, 4.69) is 48.4 Å². The summed E-state index contributed by atoms with van der Waals surface area (Å²) in [5, 5.41) is 4.45. The average molecular weight is 220 g/mol. The summed E-state index contributed by atoms with van der Waals surface area (Å²) in [5.41, 5.74) is 2.63. The van der Waals surface area contributed by atoms with Gasteiger partial charge in [0.05, 0.1) is 6.54 Å². The topological polar surface area (TPSA) is 24.4 Å². The van der Waals surface area contributed by atoms with Gasteiger partial charge in [-0.25, -0.2) is 0 Å². The normalized spacial score (nSPS) is 23.1. The number of hydrogen-bond acceptors (Lipinski definition) is 2. The number of aliphatic imine (C=N–C) groups is 1. The Morgan fingerprint density at radius 3 is 2.93 bits per heavy atom. The van der Waals surface area contributed by atoms with Crippen LogP contribution in [0.2, 0.25) is 0 Å². The van der Waals surface area contributed by atoms with E-state index in [4.69, 9.17) is 0 Å². The molecule has 3 heteroatoms. The summed E-state index contributed by atoms with van der Waals surface area (Å²) in [6.45, 7) is 5.10. The van der Waals surface area contributed by atoms with Gasteiger partial charge in [0.2, 0.25) is 0 Å². The summed E-state index contributed by atoms with van der Waals surface area (Å²) in [5.74, 6) is 1.13. The van der Waals surface area contributed by atoms with E-state index in [1.54, 1.807) is 0 Å². The van der Waals surface area contributed by atoms with E-state index in [1.165, 1.54) is 11.1 Å². The molecule has 1 unspecified atom stereocenters. The Balaban J connectivity index is 2.01. The Hall–Kier alpha value is -0.960. The molecule has 1 fully saturated rings. The van der Waals surface area contributed by atoms with Gasteiger partial charge in [-0.2, -0.15) is 0 Å². The van der Waals surface area contributed by atoms with Gasteiger partial charge in [0, 0.05) is 11.8 Å². The van der Waals surface area contributed by atoms with Crippen molar-refractivity contribution in [1.82, 2.24) is 5.32 Å². The second kappa shape index (κ2) is 4.71. The number of rotatable bonds is 2. The van der Waals surface area contributed by atoms with Gasteiger partial charge in [-0.05, 0) is 25.0 Å². The molecule has 0 aromatic heterocycles. The highest BCUT2D eigenvalue weighted by molar-refractivity contribution is 8.14. The van der Waals surface area contributed by atoms with Crippen LogP contribution in [0.15, 0.2) is 29.3 Å². The fourth-order valence-corrected chi connectivity index (χ4v) is 2.47. The van der Waals surface area contributed by atoms with Crippen molar-refractivity contribution in [3.05, 3.63) is 35.4 Å². The molecule has 0 amide bonds. The Morgan fingerprint density at radius 1 is 1.47 bits per heavy atom. The lowest BCUT2D eigenvalue weighted by Gasteiger charge is -2.03. The van der Waals surface area contributed by atoms with E-state index in [0.717, 1.165) is 17.5 Å². The zero-order valence-corrected chi connectivity index (χ0v) is 9.97. The Morgan fingerprint density at radius 2 is 2.27 bits per heavy atom. The number of benzene rings is 1. The van der Waals surface area contributed by atoms with Crippen molar-refractivity contribution in [3.8, 4) is 0 Å². The van der Waals surface area contributed by atoms with Crippen LogP contribution in [0, 0.1) is 6.92 Å². The Labute approximate surface area is 95.2 Å². The van der Waals surface area contributed by atoms with Crippen molar-refractivity contribution in [2.24, 2.45) is 4.99 Å². The quantitative estimate of drug-likeness (QED) is 0.828. The molecule has 15 heavy (non-hydrogen) atoms. The smallest absolute Gasteiger partial charge is 0.157 e. The highest BCUT2D eigenvalue weighted by Crippen LogP contribution is 2.15. The fraction of sp³-hybridized carbons (Fsp3) is 0.417. The highest BCUT2D eigenvalue weighted by Gasteiger charge is 2.14. The third kappa shape index (κ3) is 2.75. The zero-order valence-electron chi connectivity index (χ0n) is 9.16. The van der Waals surface area contributed by atoms with Gasteiger partial charge >= 0.3 is 0 Å². The number of thioether (sulfide) groups is 1. The first-order chi connectivity index (χ1) is 7.25. The van der Waals surface area contributed by atoms with Crippen molar-refractivity contribution in [2.75, 3.05) is 5.75 Å². The van der Waals surface area contributed by atoms with Crippen LogP contribution in [0.1, 0.15) is 18.1 Å². The molecule has 0 bridgehead atoms. The molecular weight excluding hydrogens is 204 g/mol. The van der Waals surface area contributed by atoms with E-state index in [0.29, 0.717) is 6.04 Å². The van der Waals surface area contributed by atoms with Crippen molar-refractivity contribution in [1.29, 1.82) is 0 Å². The maximum absolute atomic E-state index is 4.57. The SMILES string of the molecule is Cc1ccccc1CN=C1NC(C)CS1. The maximum Gasteiger partial charge on any atom is 0.157 e. The average Bonchev–Trinajstić information content (AvgIpc) is 2.63. The van der Waals surface area contributed by atoms with E-state index < -0.39 is 0 Å². The maximum atomic E-state index is 4.57. The predicted molar refractivity (Wildman–Crippen MR) is 67.4 cm³/mol. The minimum atomic E-state index is 0.561. The molecule has 1 N–H and O–H groups in total. The third-order valence-corrected chi connectivity index (χ3v) is 3.68. The molecule has 1 aliphatic rings. The van der Waals surface area contributed by atoms with Crippen molar-refractivity contribution in [3.63, 3.8) is 0 Å². The standard InChI is InChI=1S/C12H16N2S/c1-9-5-3-4-6-11(9)7-13-12-14-10(2)8-15-12/h3-6,10H,7-8H2,1-2H3,(H,13,14). The van der Waals surface area contributed by atoms with Crippen LogP contribution < -0.4 is 5.32 Å². The summed E-state index contributed by atoms with van der Waals surface area (Å²) in [4.78, 5) is 4.57. The molecule has 1 aromatic rings. The second-order valence-electron chi connectivity index (χ2n) is 3.90. The minimum absolute atomic E-state index is 0.561. The molecule has 0 spiro atoms. The lowest BCUT2D eigenvalue weighted by Crippen LogP contribution is -2.23. The first-order valence-electron chi connectivity index (χ1n) is 5.24. The van der Waals surface area contributed by atoms with Crippen LogP contribution in [0.4, 0.5) is 0 Å². The Bertz CT molecular complexity index is 374. The summed E-state index contributed by atoms with van der Waals surface area (Å²) in [6, 6.07) is 8.97. The van der Waals surface area contributed by atoms with E-state index in [9.17, 15) is 0 Å². The molecule has 0 saturated carbocycles. The molecule has 0 aliphatic carbocycles. The first-order valence-corrected chi connectivity index (χ1v) is 6.22. The third-order valence-electron chi connectivity index (χ3n) is 2.49. The lowest BCUT2D eigenvalue weighted by molar-refractivity contribution is 0.764. The number of nitrogens with zero attached hydrogens (tertiary/aromatic N) is 1. The van der Waals surface area contributed by atoms with Gasteiger partial charge in [0.25, 0.3) is 0 Å². The molecule has 0 radical (unpaired) electrons. The van der Waals surface area contributed by atoms with Crippen LogP contribution in [-0.4, -0.2) is 17.0 Å². The first kappa shape index (κ1) is 10.6. The molecule has 2 rings (SSSR count). The summed E-state index contributed by atoms with van der Waals surface area (Å²) >= 11 is 1.81. The van der Waals surface area contributed by atoms with E-state index in [1.807, 2.05) is 11.8 Å². The monoisotopic (exact) mass is 220 g/mol. The van der Waals surface area contributed by atoms with Crippen molar-refractivity contribution < 1.29 is 0 Å².